The van der Waals surface area contributed by atoms with Crippen LogP contribution in [0.1, 0.15) is 6.42 Å². The molecule has 2 rings (SSSR count). The quantitative estimate of drug-likeness (QED) is 0.782. The lowest BCUT2D eigenvalue weighted by molar-refractivity contribution is 0.225. The third kappa shape index (κ3) is 2.47. The van der Waals surface area contributed by atoms with Crippen LogP contribution in [0.2, 0.25) is 0 Å². The Morgan fingerprint density at radius 1 is 1.20 bits per heavy atom. The van der Waals surface area contributed by atoms with Gasteiger partial charge in [-0.1, -0.05) is 0 Å². The van der Waals surface area contributed by atoms with E-state index in [1.54, 1.807) is 12.1 Å². The highest BCUT2D eigenvalue weighted by molar-refractivity contribution is 7.89. The van der Waals surface area contributed by atoms with Crippen molar-refractivity contribution in [3.63, 3.8) is 0 Å². The second kappa shape index (κ2) is 3.80. The van der Waals surface area contributed by atoms with E-state index in [1.807, 2.05) is 0 Å². The largest absolute Gasteiger partial charge is 0.319 e. The summed E-state index contributed by atoms with van der Waals surface area (Å²) in [4.78, 5) is 0.136. The Hall–Kier alpha value is -1.11. The van der Waals surface area contributed by atoms with Gasteiger partial charge in [0.05, 0.1) is 4.90 Å². The standard InChI is InChI=1S/C9H13N3O2S/c10-15(13,14)9-4-2-8(3-5-9)11-12-6-1-7-12/h2-5,11H,1,6-7H2,(H2,10,13,14). The molecule has 0 aliphatic carbocycles. The second-order valence-electron chi connectivity index (χ2n) is 3.52. The Morgan fingerprint density at radius 3 is 2.20 bits per heavy atom. The first-order valence-corrected chi connectivity index (χ1v) is 6.25. The Bertz CT molecular complexity index is 437. The first-order valence-electron chi connectivity index (χ1n) is 4.70. The zero-order valence-electron chi connectivity index (χ0n) is 8.18. The molecule has 6 heteroatoms. The molecule has 1 aliphatic rings. The molecule has 0 bridgehead atoms. The number of sulfonamides is 1. The van der Waals surface area contributed by atoms with Gasteiger partial charge in [-0.3, -0.25) is 0 Å². The van der Waals surface area contributed by atoms with E-state index in [0.29, 0.717) is 0 Å². The first kappa shape index (κ1) is 10.4. The van der Waals surface area contributed by atoms with Gasteiger partial charge in [-0.25, -0.2) is 18.6 Å². The van der Waals surface area contributed by atoms with Gasteiger partial charge in [-0.05, 0) is 30.7 Å². The number of rotatable bonds is 3. The summed E-state index contributed by atoms with van der Waals surface area (Å²) in [5.41, 5.74) is 4.03. The first-order chi connectivity index (χ1) is 7.05. The fraction of sp³-hybridized carbons (Fsp3) is 0.333. The predicted octanol–water partition coefficient (Wildman–Crippen LogP) is 0.367. The number of hydrogen-bond donors (Lipinski definition) is 2. The minimum atomic E-state index is -3.58. The molecule has 0 amide bonds. The smallest absolute Gasteiger partial charge is 0.238 e. The molecule has 1 aromatic carbocycles. The van der Waals surface area contributed by atoms with Crippen LogP contribution in [0.3, 0.4) is 0 Å². The summed E-state index contributed by atoms with van der Waals surface area (Å²) in [5, 5.41) is 7.05. The number of benzene rings is 1. The fourth-order valence-electron chi connectivity index (χ4n) is 1.33. The summed E-state index contributed by atoms with van der Waals surface area (Å²) in [6.07, 6.45) is 1.20. The maximum Gasteiger partial charge on any atom is 0.238 e. The van der Waals surface area contributed by atoms with Gasteiger partial charge in [0.25, 0.3) is 0 Å². The summed E-state index contributed by atoms with van der Waals surface area (Å²) in [7, 11) is -3.58. The number of nitrogens with two attached hydrogens (primary N) is 1. The van der Waals surface area contributed by atoms with Crippen LogP contribution in [0, 0.1) is 0 Å². The lowest BCUT2D eigenvalue weighted by Gasteiger charge is -2.31. The summed E-state index contributed by atoms with van der Waals surface area (Å²) in [6, 6.07) is 6.41. The average Bonchev–Trinajstić information content (AvgIpc) is 2.11. The number of hydrogen-bond acceptors (Lipinski definition) is 4. The Labute approximate surface area is 88.9 Å². The van der Waals surface area contributed by atoms with Gasteiger partial charge in [0.1, 0.15) is 0 Å². The topological polar surface area (TPSA) is 75.4 Å². The van der Waals surface area contributed by atoms with E-state index in [1.165, 1.54) is 18.6 Å². The van der Waals surface area contributed by atoms with Crippen molar-refractivity contribution in [2.45, 2.75) is 11.3 Å². The summed E-state index contributed by atoms with van der Waals surface area (Å²) in [6.45, 7) is 2.05. The Balaban J connectivity index is 2.09. The molecule has 1 saturated heterocycles. The maximum atomic E-state index is 11.0. The third-order valence-electron chi connectivity index (χ3n) is 2.33. The minimum Gasteiger partial charge on any atom is -0.319 e. The van der Waals surface area contributed by atoms with Crippen LogP contribution in [0.5, 0.6) is 0 Å². The molecule has 0 radical (unpaired) electrons. The Morgan fingerprint density at radius 2 is 1.80 bits per heavy atom. The predicted molar refractivity (Wildman–Crippen MR) is 57.6 cm³/mol. The monoisotopic (exact) mass is 227 g/mol. The van der Waals surface area contributed by atoms with Gasteiger partial charge in [0.2, 0.25) is 10.0 Å². The average molecular weight is 227 g/mol. The van der Waals surface area contributed by atoms with Crippen molar-refractivity contribution in [2.75, 3.05) is 18.5 Å². The van der Waals surface area contributed by atoms with E-state index < -0.39 is 10.0 Å². The Kier molecular flexibility index (Phi) is 2.64. The highest BCUT2D eigenvalue weighted by atomic mass is 32.2. The van der Waals surface area contributed by atoms with Gasteiger partial charge < -0.3 is 5.43 Å². The van der Waals surface area contributed by atoms with Gasteiger partial charge in [-0.2, -0.15) is 0 Å². The van der Waals surface area contributed by atoms with Crippen LogP contribution in [-0.4, -0.2) is 26.5 Å². The molecule has 15 heavy (non-hydrogen) atoms. The van der Waals surface area contributed by atoms with E-state index in [4.69, 9.17) is 5.14 Å². The molecule has 1 heterocycles. The number of anilines is 1. The van der Waals surface area contributed by atoms with Crippen LogP contribution in [0.25, 0.3) is 0 Å². The van der Waals surface area contributed by atoms with Crippen molar-refractivity contribution in [3.05, 3.63) is 24.3 Å². The molecular weight excluding hydrogens is 214 g/mol. The molecule has 5 nitrogen and oxygen atoms in total. The highest BCUT2D eigenvalue weighted by Crippen LogP contribution is 2.15. The molecule has 0 aromatic heterocycles. The van der Waals surface area contributed by atoms with Crippen LogP contribution in [0.4, 0.5) is 5.69 Å². The van der Waals surface area contributed by atoms with E-state index >= 15 is 0 Å². The lowest BCUT2D eigenvalue weighted by Crippen LogP contribution is -2.41. The second-order valence-corrected chi connectivity index (χ2v) is 5.08. The van der Waals surface area contributed by atoms with Gasteiger partial charge in [-0.15, -0.1) is 0 Å². The van der Waals surface area contributed by atoms with Gasteiger partial charge >= 0.3 is 0 Å². The molecule has 0 spiro atoms. The zero-order chi connectivity index (χ0) is 10.9. The van der Waals surface area contributed by atoms with Crippen molar-refractivity contribution in [2.24, 2.45) is 5.14 Å². The van der Waals surface area contributed by atoms with E-state index in [9.17, 15) is 8.42 Å². The molecule has 1 aromatic rings. The number of primary sulfonamides is 1. The normalized spacial score (nSPS) is 17.1. The summed E-state index contributed by atoms with van der Waals surface area (Å²) >= 11 is 0. The molecular formula is C9H13N3O2S. The SMILES string of the molecule is NS(=O)(=O)c1ccc(NN2CCC2)cc1. The molecule has 1 aliphatic heterocycles. The minimum absolute atomic E-state index is 0.136. The fourth-order valence-corrected chi connectivity index (χ4v) is 1.85. The van der Waals surface area contributed by atoms with E-state index in [0.717, 1.165) is 18.8 Å². The third-order valence-corrected chi connectivity index (χ3v) is 3.26. The summed E-state index contributed by atoms with van der Waals surface area (Å²) in [5.74, 6) is 0. The van der Waals surface area contributed by atoms with Crippen molar-refractivity contribution in [1.29, 1.82) is 0 Å². The van der Waals surface area contributed by atoms with E-state index in [2.05, 4.69) is 10.4 Å². The lowest BCUT2D eigenvalue weighted by atomic mass is 10.3. The van der Waals surface area contributed by atoms with Crippen molar-refractivity contribution < 1.29 is 8.42 Å². The zero-order valence-corrected chi connectivity index (χ0v) is 9.00. The van der Waals surface area contributed by atoms with Crippen molar-refractivity contribution in [3.8, 4) is 0 Å². The molecule has 0 unspecified atom stereocenters. The van der Waals surface area contributed by atoms with Gasteiger partial charge in [0, 0.05) is 18.8 Å². The molecule has 0 saturated carbocycles. The number of nitrogens with one attached hydrogen (secondary N) is 1. The van der Waals surface area contributed by atoms with Gasteiger partial charge in [0.15, 0.2) is 0 Å². The summed E-state index contributed by atoms with van der Waals surface area (Å²) < 4.78 is 22.0. The molecule has 82 valence electrons. The van der Waals surface area contributed by atoms with Crippen LogP contribution >= 0.6 is 0 Å². The molecule has 0 atom stereocenters. The highest BCUT2D eigenvalue weighted by Gasteiger charge is 2.13. The van der Waals surface area contributed by atoms with Crippen LogP contribution in [-0.2, 0) is 10.0 Å². The van der Waals surface area contributed by atoms with E-state index in [-0.39, 0.29) is 4.90 Å². The van der Waals surface area contributed by atoms with Crippen LogP contribution in [0.15, 0.2) is 29.2 Å². The molecule has 1 fully saturated rings. The maximum absolute atomic E-state index is 11.0. The van der Waals surface area contributed by atoms with Crippen molar-refractivity contribution in [1.82, 2.24) is 5.01 Å². The molecule has 3 N–H and O–H groups in total. The van der Waals surface area contributed by atoms with Crippen LogP contribution < -0.4 is 10.6 Å². The van der Waals surface area contributed by atoms with Crippen molar-refractivity contribution >= 4 is 15.7 Å². The number of nitrogens with zero attached hydrogens (tertiary/aromatic N) is 1. The number of hydrazine groups is 1.